The molecule has 0 aliphatic rings. The first-order chi connectivity index (χ1) is 18.5. The van der Waals surface area contributed by atoms with Crippen molar-refractivity contribution in [3.05, 3.63) is 24.0 Å². The lowest BCUT2D eigenvalue weighted by Crippen LogP contribution is -2.24. The lowest BCUT2D eigenvalue weighted by Gasteiger charge is -2.17. The molecule has 2 nitrogen and oxygen atoms in total. The quantitative estimate of drug-likeness (QED) is 0.345. The van der Waals surface area contributed by atoms with Crippen LogP contribution in [0.25, 0.3) is 0 Å². The normalized spacial score (nSPS) is 7.08. The maximum Gasteiger partial charge on any atom is 0.397 e. The van der Waals surface area contributed by atoms with E-state index < -0.39 is 18.3 Å². The number of rotatable bonds is 5. The van der Waals surface area contributed by atoms with E-state index in [0.717, 1.165) is 18.2 Å². The molecular formula is C33H57F3O2. The van der Waals surface area contributed by atoms with Crippen LogP contribution in [0.5, 0.6) is 11.5 Å². The molecular weight excluding hydrogens is 485 g/mol. The van der Waals surface area contributed by atoms with Gasteiger partial charge in [0.25, 0.3) is 0 Å². The number of hydrogen-bond donors (Lipinski definition) is 0. The molecule has 222 valence electrons. The van der Waals surface area contributed by atoms with E-state index >= 15 is 0 Å². The van der Waals surface area contributed by atoms with E-state index in [4.69, 9.17) is 4.74 Å². The minimum absolute atomic E-state index is 0. The zero-order chi connectivity index (χ0) is 27.7. The second-order valence-electron chi connectivity index (χ2n) is 6.04. The molecule has 0 spiro atoms. The van der Waals surface area contributed by atoms with Crippen molar-refractivity contribution in [2.75, 3.05) is 0 Å². The summed E-state index contributed by atoms with van der Waals surface area (Å²) in [5, 5.41) is 0. The fourth-order valence-corrected chi connectivity index (χ4v) is 1.87. The van der Waals surface area contributed by atoms with Crippen LogP contribution in [0.2, 0.25) is 0 Å². The second-order valence-corrected chi connectivity index (χ2v) is 6.04. The largest absolute Gasteiger partial charge is 0.432 e. The van der Waals surface area contributed by atoms with Crippen LogP contribution in [0.4, 0.5) is 13.2 Å². The second kappa shape index (κ2) is 19.1. The van der Waals surface area contributed by atoms with Gasteiger partial charge in [-0.25, -0.2) is 4.39 Å². The highest BCUT2D eigenvalue weighted by Crippen LogP contribution is 2.29. The van der Waals surface area contributed by atoms with Crippen molar-refractivity contribution < 1.29 is 54.0 Å². The third kappa shape index (κ3) is 15.6. The molecule has 1 aromatic carbocycles. The standard InChI is InChI=1S/C33H13F3O2.22H2/c1-3-5-6-7-8-9-10-11-12-13-14-15-16-17-18-19-20-21-22-23-24-28-37-32-26-25-30(29-31(32)34)38-33(35,36)27-4-2;;;;;;;;;;;;;;;;;;;;;;/h25-26,29H,4,27H2,1-2H3;22*1H. The van der Waals surface area contributed by atoms with Crippen LogP contribution in [0.1, 0.15) is 58.1 Å². The lowest BCUT2D eigenvalue weighted by atomic mass is 10.3. The summed E-state index contributed by atoms with van der Waals surface area (Å²) in [6.07, 6.45) is -1.49. The highest BCUT2D eigenvalue weighted by atomic mass is 19.3. The predicted octanol–water partition coefficient (Wildman–Crippen LogP) is 9.40. The first-order valence-electron chi connectivity index (χ1n) is 10.4. The van der Waals surface area contributed by atoms with Gasteiger partial charge in [-0.3, -0.25) is 0 Å². The number of ether oxygens (including phenoxy) is 2. The fraction of sp³-hybridized carbons (Fsp3) is 0.152. The van der Waals surface area contributed by atoms with Crippen molar-refractivity contribution in [1.82, 2.24) is 0 Å². The molecule has 0 amide bonds. The minimum Gasteiger partial charge on any atom is -0.432 e. The number of hydrogen-bond acceptors (Lipinski definition) is 2. The molecule has 5 heteroatoms. The van der Waals surface area contributed by atoms with Gasteiger partial charge in [0.2, 0.25) is 0 Å². The van der Waals surface area contributed by atoms with Gasteiger partial charge in [0, 0.05) is 108 Å². The van der Waals surface area contributed by atoms with Gasteiger partial charge in [0.05, 0.1) is 6.42 Å². The van der Waals surface area contributed by atoms with Crippen molar-refractivity contribution in [2.45, 2.75) is 32.8 Å². The zero-order valence-electron chi connectivity index (χ0n) is 20.1. The van der Waals surface area contributed by atoms with Crippen LogP contribution in [-0.4, -0.2) is 6.11 Å². The molecule has 1 rings (SSSR count). The van der Waals surface area contributed by atoms with Crippen LogP contribution >= 0.6 is 0 Å². The fourth-order valence-electron chi connectivity index (χ4n) is 1.87. The Morgan fingerprint density at radius 3 is 1.50 bits per heavy atom. The van der Waals surface area contributed by atoms with Gasteiger partial charge in [-0.15, -0.1) is 0 Å². The van der Waals surface area contributed by atoms with Crippen molar-refractivity contribution in [2.24, 2.45) is 0 Å². The summed E-state index contributed by atoms with van der Waals surface area (Å²) in [7, 11) is 0. The van der Waals surface area contributed by atoms with E-state index in [-0.39, 0.29) is 49.3 Å². The highest BCUT2D eigenvalue weighted by Gasteiger charge is 2.30. The Labute approximate surface area is 254 Å². The minimum atomic E-state index is -3.38. The SMILES string of the molecule is CC#CC#CC#CC#CC#CC#CC#CC#CC#CC#CC#COc1ccc(OC(F)(F)CCC)cc1F.[HH].[HH].[HH].[HH].[HH].[HH].[HH].[HH].[HH].[HH].[HH].[HH].[HH].[HH].[HH].[HH].[HH].[HH].[HH].[HH].[HH].[HH]. The molecule has 0 saturated carbocycles. The molecule has 0 atom stereocenters. The van der Waals surface area contributed by atoms with E-state index in [0.29, 0.717) is 0 Å². The molecule has 0 heterocycles. The summed E-state index contributed by atoms with van der Waals surface area (Å²) in [6, 6.07) is 3.06. The van der Waals surface area contributed by atoms with Crippen LogP contribution in [0, 0.1) is 136 Å². The van der Waals surface area contributed by atoms with Gasteiger partial charge in [-0.2, -0.15) is 8.78 Å². The summed E-state index contributed by atoms with van der Waals surface area (Å²) < 4.78 is 50.2. The molecule has 0 radical (unpaired) electrons. The van der Waals surface area contributed by atoms with Crippen LogP contribution in [-0.2, 0) is 0 Å². The van der Waals surface area contributed by atoms with Crippen LogP contribution in [0.3, 0.4) is 0 Å². The maximum absolute atomic E-state index is 13.9. The smallest absolute Gasteiger partial charge is 0.397 e. The maximum atomic E-state index is 13.9. The van der Waals surface area contributed by atoms with Crippen molar-refractivity contribution in [3.8, 4) is 142 Å². The average Bonchev–Trinajstić information content (AvgIpc) is 2.88. The van der Waals surface area contributed by atoms with Gasteiger partial charge >= 0.3 is 6.11 Å². The van der Waals surface area contributed by atoms with Crippen molar-refractivity contribution in [3.63, 3.8) is 0 Å². The van der Waals surface area contributed by atoms with Crippen LogP contribution in [0.15, 0.2) is 18.2 Å². The first-order valence-corrected chi connectivity index (χ1v) is 10.4. The number of halogens is 3. The number of alkyl halides is 2. The summed E-state index contributed by atoms with van der Waals surface area (Å²) in [6.45, 7) is 3.26. The van der Waals surface area contributed by atoms with E-state index in [1.165, 1.54) is 0 Å². The topological polar surface area (TPSA) is 18.5 Å². The Kier molecular flexibility index (Phi) is 15.0. The predicted molar refractivity (Wildman–Crippen MR) is 185 cm³/mol. The molecule has 0 aromatic heterocycles. The summed E-state index contributed by atoms with van der Waals surface area (Å²) in [5.74, 6) is 50.2. The van der Waals surface area contributed by atoms with Gasteiger partial charge in [0.15, 0.2) is 11.6 Å². The van der Waals surface area contributed by atoms with E-state index in [9.17, 15) is 13.2 Å². The molecule has 0 aliphatic heterocycles. The molecule has 1 aromatic rings. The molecule has 0 bridgehead atoms. The molecule has 0 saturated heterocycles. The van der Waals surface area contributed by atoms with Gasteiger partial charge in [-0.1, -0.05) is 12.8 Å². The molecule has 0 unspecified atom stereocenters. The number of benzene rings is 1. The van der Waals surface area contributed by atoms with Gasteiger partial charge in [-0.05, 0) is 72.8 Å². The molecule has 0 fully saturated rings. The Morgan fingerprint density at radius 1 is 0.684 bits per heavy atom. The van der Waals surface area contributed by atoms with Gasteiger partial charge in [0.1, 0.15) is 11.9 Å². The highest BCUT2D eigenvalue weighted by molar-refractivity contribution is 5.47. The lowest BCUT2D eigenvalue weighted by molar-refractivity contribution is -0.180. The summed E-state index contributed by atoms with van der Waals surface area (Å²) in [5.41, 5.74) is 0. The Morgan fingerprint density at radius 2 is 1.11 bits per heavy atom. The van der Waals surface area contributed by atoms with Crippen LogP contribution < -0.4 is 9.47 Å². The Hall–Kier alpha value is -6.23. The third-order valence-corrected chi connectivity index (χ3v) is 3.24. The third-order valence-electron chi connectivity index (χ3n) is 3.24. The first kappa shape index (κ1) is 29.8. The molecule has 0 N–H and O–H groups in total. The van der Waals surface area contributed by atoms with E-state index in [1.807, 2.05) is 0 Å². The molecule has 38 heavy (non-hydrogen) atoms. The monoisotopic (exact) mass is 542 g/mol. The van der Waals surface area contributed by atoms with Crippen molar-refractivity contribution >= 4 is 0 Å². The average molecular weight is 543 g/mol. The Bertz CT molecular complexity index is 1790. The summed E-state index contributed by atoms with van der Waals surface area (Å²) >= 11 is 0. The van der Waals surface area contributed by atoms with E-state index in [1.54, 1.807) is 13.8 Å². The summed E-state index contributed by atoms with van der Waals surface area (Å²) in [4.78, 5) is 0. The molecule has 0 aliphatic carbocycles. The zero-order valence-corrected chi connectivity index (χ0v) is 20.1. The van der Waals surface area contributed by atoms with Crippen molar-refractivity contribution in [1.29, 1.82) is 0 Å². The Balaban J connectivity index is -0.0000000328. The van der Waals surface area contributed by atoms with Gasteiger partial charge < -0.3 is 9.47 Å². The van der Waals surface area contributed by atoms with E-state index in [2.05, 4.69) is 135 Å².